The quantitative estimate of drug-likeness (QED) is 0.468. The molecule has 0 bridgehead atoms. The number of amides is 1. The Balaban J connectivity index is 1.68. The van der Waals surface area contributed by atoms with Gasteiger partial charge in [0.15, 0.2) is 0 Å². The van der Waals surface area contributed by atoms with Crippen LogP contribution in [0.15, 0.2) is 48.5 Å². The topological polar surface area (TPSA) is 73.9 Å². The van der Waals surface area contributed by atoms with Crippen molar-refractivity contribution in [1.82, 2.24) is 0 Å². The average molecular weight is 385 g/mol. The Morgan fingerprint density at radius 2 is 1.79 bits per heavy atom. The third kappa shape index (κ3) is 7.80. The van der Waals surface area contributed by atoms with Gasteiger partial charge in [-0.1, -0.05) is 12.1 Å². The van der Waals surface area contributed by atoms with Crippen LogP contribution in [0.25, 0.3) is 0 Å². The summed E-state index contributed by atoms with van der Waals surface area (Å²) in [5.41, 5.74) is 2.20. The lowest BCUT2D eigenvalue weighted by Gasteiger charge is -2.08. The Morgan fingerprint density at radius 3 is 2.50 bits per heavy atom. The highest BCUT2D eigenvalue weighted by Gasteiger charge is 2.08. The first kappa shape index (κ1) is 21.4. The first-order valence-electron chi connectivity index (χ1n) is 9.42. The van der Waals surface area contributed by atoms with E-state index < -0.39 is 5.97 Å². The minimum Gasteiger partial charge on any atom is -0.494 e. The van der Waals surface area contributed by atoms with Crippen molar-refractivity contribution in [3.05, 3.63) is 59.7 Å². The van der Waals surface area contributed by atoms with Crippen LogP contribution in [0.1, 0.15) is 35.7 Å². The van der Waals surface area contributed by atoms with Crippen LogP contribution in [-0.4, -0.2) is 38.3 Å². The van der Waals surface area contributed by atoms with Crippen LogP contribution in [0, 0.1) is 6.92 Å². The molecule has 0 radical (unpaired) electrons. The summed E-state index contributed by atoms with van der Waals surface area (Å²) in [7, 11) is 0. The van der Waals surface area contributed by atoms with Crippen LogP contribution in [0.5, 0.6) is 5.75 Å². The second-order valence-electron chi connectivity index (χ2n) is 6.23. The fourth-order valence-electron chi connectivity index (χ4n) is 2.46. The van der Waals surface area contributed by atoms with Gasteiger partial charge in [-0.25, -0.2) is 4.79 Å². The lowest BCUT2D eigenvalue weighted by molar-refractivity contribution is -0.116. The molecule has 0 spiro atoms. The van der Waals surface area contributed by atoms with Gasteiger partial charge < -0.3 is 19.5 Å². The van der Waals surface area contributed by atoms with E-state index >= 15 is 0 Å². The summed E-state index contributed by atoms with van der Waals surface area (Å²) in [5.74, 6) is 0.301. The second-order valence-corrected chi connectivity index (χ2v) is 6.23. The molecule has 2 aromatic rings. The average Bonchev–Trinajstić information content (AvgIpc) is 2.69. The predicted octanol–water partition coefficient (Wildman–Crippen LogP) is 3.99. The molecule has 0 aliphatic carbocycles. The van der Waals surface area contributed by atoms with Crippen LogP contribution >= 0.6 is 0 Å². The number of esters is 1. The van der Waals surface area contributed by atoms with Crippen molar-refractivity contribution in [1.29, 1.82) is 0 Å². The zero-order chi connectivity index (χ0) is 20.2. The monoisotopic (exact) mass is 385 g/mol. The summed E-state index contributed by atoms with van der Waals surface area (Å²) in [6.07, 6.45) is 0.969. The van der Waals surface area contributed by atoms with E-state index in [1.807, 2.05) is 38.1 Å². The lowest BCUT2D eigenvalue weighted by atomic mass is 10.2. The van der Waals surface area contributed by atoms with Crippen molar-refractivity contribution in [2.45, 2.75) is 26.7 Å². The zero-order valence-corrected chi connectivity index (χ0v) is 16.4. The van der Waals surface area contributed by atoms with Gasteiger partial charge >= 0.3 is 5.97 Å². The molecule has 0 fully saturated rings. The SMILES string of the molecule is CCOCCOC(=O)c1ccc(NC(=O)CCCOc2cccc(C)c2)cc1. The third-order valence-corrected chi connectivity index (χ3v) is 3.88. The number of rotatable bonds is 11. The highest BCUT2D eigenvalue weighted by molar-refractivity contribution is 5.93. The smallest absolute Gasteiger partial charge is 0.338 e. The zero-order valence-electron chi connectivity index (χ0n) is 16.4. The minimum atomic E-state index is -0.411. The lowest BCUT2D eigenvalue weighted by Crippen LogP contribution is -2.13. The number of ether oxygens (including phenoxy) is 3. The molecule has 6 heteroatoms. The molecule has 0 saturated heterocycles. The fourth-order valence-corrected chi connectivity index (χ4v) is 2.46. The molecule has 0 atom stereocenters. The second kappa shape index (κ2) is 11.8. The number of nitrogens with one attached hydrogen (secondary N) is 1. The maximum Gasteiger partial charge on any atom is 0.338 e. The summed E-state index contributed by atoms with van der Waals surface area (Å²) in [6.45, 7) is 5.55. The molecule has 0 saturated carbocycles. The van der Waals surface area contributed by atoms with Gasteiger partial charge in [0.2, 0.25) is 5.91 Å². The number of carbonyl (C=O) groups excluding carboxylic acids is 2. The number of carbonyl (C=O) groups is 2. The van der Waals surface area contributed by atoms with Gasteiger partial charge in [-0.05, 0) is 62.2 Å². The molecule has 2 rings (SSSR count). The van der Waals surface area contributed by atoms with Crippen molar-refractivity contribution in [3.8, 4) is 5.75 Å². The van der Waals surface area contributed by atoms with Gasteiger partial charge in [0, 0.05) is 18.7 Å². The molecule has 0 aliphatic rings. The van der Waals surface area contributed by atoms with E-state index in [1.54, 1.807) is 24.3 Å². The summed E-state index contributed by atoms with van der Waals surface area (Å²) < 4.78 is 15.9. The molecule has 150 valence electrons. The molecule has 2 aromatic carbocycles. The number of anilines is 1. The largest absolute Gasteiger partial charge is 0.494 e. The molecule has 0 aromatic heterocycles. The number of hydrogen-bond acceptors (Lipinski definition) is 5. The Morgan fingerprint density at radius 1 is 1.00 bits per heavy atom. The van der Waals surface area contributed by atoms with E-state index in [2.05, 4.69) is 5.32 Å². The maximum absolute atomic E-state index is 12.0. The van der Waals surface area contributed by atoms with Crippen molar-refractivity contribution in [2.75, 3.05) is 31.7 Å². The van der Waals surface area contributed by atoms with Gasteiger partial charge in [0.1, 0.15) is 12.4 Å². The summed E-state index contributed by atoms with van der Waals surface area (Å²) in [5, 5.41) is 2.81. The molecule has 0 unspecified atom stereocenters. The van der Waals surface area contributed by atoms with Crippen molar-refractivity contribution in [2.24, 2.45) is 0 Å². The standard InChI is InChI=1S/C22H27NO5/c1-3-26-14-15-28-22(25)18-9-11-19(12-10-18)23-21(24)8-5-13-27-20-7-4-6-17(2)16-20/h4,6-7,9-12,16H,3,5,8,13-15H2,1-2H3,(H,23,24). The Kier molecular flexibility index (Phi) is 9.01. The van der Waals surface area contributed by atoms with Crippen LogP contribution in [0.4, 0.5) is 5.69 Å². The first-order chi connectivity index (χ1) is 13.6. The molecule has 0 aliphatic heterocycles. The van der Waals surface area contributed by atoms with Crippen molar-refractivity contribution < 1.29 is 23.8 Å². The Labute approximate surface area is 165 Å². The normalized spacial score (nSPS) is 10.4. The van der Waals surface area contributed by atoms with Gasteiger partial charge in [-0.15, -0.1) is 0 Å². The van der Waals surface area contributed by atoms with Gasteiger partial charge in [0.25, 0.3) is 0 Å². The number of benzene rings is 2. The number of aryl methyl sites for hydroxylation is 1. The molecule has 0 heterocycles. The van der Waals surface area contributed by atoms with Gasteiger partial charge in [0.05, 0.1) is 18.8 Å². The highest BCUT2D eigenvalue weighted by Crippen LogP contribution is 2.14. The van der Waals surface area contributed by atoms with Gasteiger partial charge in [-0.3, -0.25) is 4.79 Å². The van der Waals surface area contributed by atoms with Crippen molar-refractivity contribution >= 4 is 17.6 Å². The van der Waals surface area contributed by atoms with Gasteiger partial charge in [-0.2, -0.15) is 0 Å². The maximum atomic E-state index is 12.0. The Hall–Kier alpha value is -2.86. The highest BCUT2D eigenvalue weighted by atomic mass is 16.6. The number of hydrogen-bond donors (Lipinski definition) is 1. The summed E-state index contributed by atoms with van der Waals surface area (Å²) >= 11 is 0. The Bertz CT molecular complexity index is 758. The van der Waals surface area contributed by atoms with E-state index in [-0.39, 0.29) is 12.5 Å². The fraction of sp³-hybridized carbons (Fsp3) is 0.364. The first-order valence-corrected chi connectivity index (χ1v) is 9.42. The summed E-state index contributed by atoms with van der Waals surface area (Å²) in [6, 6.07) is 14.4. The molecule has 28 heavy (non-hydrogen) atoms. The minimum absolute atomic E-state index is 0.0973. The van der Waals surface area contributed by atoms with E-state index in [9.17, 15) is 9.59 Å². The molecule has 6 nitrogen and oxygen atoms in total. The predicted molar refractivity (Wildman–Crippen MR) is 108 cm³/mol. The molecular formula is C22H27NO5. The molecule has 1 amide bonds. The van der Waals surface area contributed by atoms with Crippen molar-refractivity contribution in [3.63, 3.8) is 0 Å². The van der Waals surface area contributed by atoms with E-state index in [4.69, 9.17) is 14.2 Å². The third-order valence-electron chi connectivity index (χ3n) is 3.88. The van der Waals surface area contributed by atoms with Crippen LogP contribution < -0.4 is 10.1 Å². The summed E-state index contributed by atoms with van der Waals surface area (Å²) in [4.78, 5) is 23.9. The van der Waals surface area contributed by atoms with Crippen LogP contribution in [-0.2, 0) is 14.3 Å². The molecule has 1 N–H and O–H groups in total. The van der Waals surface area contributed by atoms with Crippen LogP contribution in [0.3, 0.4) is 0 Å². The van der Waals surface area contributed by atoms with E-state index in [0.717, 1.165) is 11.3 Å². The van der Waals surface area contributed by atoms with E-state index in [1.165, 1.54) is 0 Å². The van der Waals surface area contributed by atoms with E-state index in [0.29, 0.717) is 43.9 Å². The molecular weight excluding hydrogens is 358 g/mol. The van der Waals surface area contributed by atoms with Crippen LogP contribution in [0.2, 0.25) is 0 Å².